The molecule has 0 spiro atoms. The van der Waals surface area contributed by atoms with Crippen LogP contribution in [0.2, 0.25) is 0 Å². The van der Waals surface area contributed by atoms with Crippen molar-refractivity contribution >= 4 is 5.91 Å². The van der Waals surface area contributed by atoms with Crippen LogP contribution in [-0.2, 0) is 6.54 Å². The number of rotatable bonds is 3. The maximum Gasteiger partial charge on any atom is 0.251 e. The van der Waals surface area contributed by atoms with Gasteiger partial charge in [-0.05, 0) is 19.1 Å². The summed E-state index contributed by atoms with van der Waals surface area (Å²) in [4.78, 5) is 15.3. The van der Waals surface area contributed by atoms with Crippen molar-refractivity contribution in [2.75, 3.05) is 6.54 Å². The molecule has 0 aliphatic rings. The summed E-state index contributed by atoms with van der Waals surface area (Å²) in [7, 11) is 0. The molecule has 0 bridgehead atoms. The molecular weight excluding hydrogens is 166 g/mol. The minimum absolute atomic E-state index is 0.0837. The second kappa shape index (κ2) is 4.57. The van der Waals surface area contributed by atoms with Crippen LogP contribution < -0.4 is 11.1 Å². The van der Waals surface area contributed by atoms with Gasteiger partial charge in [0, 0.05) is 24.8 Å². The number of nitrogens with one attached hydrogen (secondary N) is 1. The Kier molecular flexibility index (Phi) is 3.40. The molecule has 1 aromatic rings. The van der Waals surface area contributed by atoms with E-state index in [1.807, 2.05) is 6.92 Å². The lowest BCUT2D eigenvalue weighted by Gasteiger charge is -2.02. The smallest absolute Gasteiger partial charge is 0.251 e. The lowest BCUT2D eigenvalue weighted by Crippen LogP contribution is -2.22. The zero-order chi connectivity index (χ0) is 9.68. The summed E-state index contributed by atoms with van der Waals surface area (Å²) < 4.78 is 0. The highest BCUT2D eigenvalue weighted by atomic mass is 16.1. The Hall–Kier alpha value is -1.42. The summed E-state index contributed by atoms with van der Waals surface area (Å²) >= 11 is 0. The van der Waals surface area contributed by atoms with Crippen molar-refractivity contribution in [1.82, 2.24) is 10.3 Å². The number of nitrogens with two attached hydrogens (primary N) is 1. The van der Waals surface area contributed by atoms with Gasteiger partial charge in [-0.25, -0.2) is 0 Å². The predicted molar refractivity (Wildman–Crippen MR) is 50.1 cm³/mol. The van der Waals surface area contributed by atoms with Crippen LogP contribution >= 0.6 is 0 Å². The first-order valence-corrected chi connectivity index (χ1v) is 4.21. The molecule has 0 radical (unpaired) electrons. The van der Waals surface area contributed by atoms with Crippen LogP contribution in [0.3, 0.4) is 0 Å². The summed E-state index contributed by atoms with van der Waals surface area (Å²) in [5.41, 5.74) is 6.73. The summed E-state index contributed by atoms with van der Waals surface area (Å²) in [6.07, 6.45) is 1.59. The van der Waals surface area contributed by atoms with Gasteiger partial charge in [-0.3, -0.25) is 9.78 Å². The fraction of sp³-hybridized carbons (Fsp3) is 0.333. The number of hydrogen-bond acceptors (Lipinski definition) is 3. The molecule has 1 rings (SSSR count). The molecule has 0 saturated heterocycles. The summed E-state index contributed by atoms with van der Waals surface area (Å²) in [6, 6.07) is 3.37. The van der Waals surface area contributed by atoms with Gasteiger partial charge in [0.2, 0.25) is 0 Å². The maximum absolute atomic E-state index is 11.3. The predicted octanol–water partition coefficient (Wildman–Crippen LogP) is 0.290. The van der Waals surface area contributed by atoms with Crippen molar-refractivity contribution in [1.29, 1.82) is 0 Å². The topological polar surface area (TPSA) is 68.0 Å². The summed E-state index contributed by atoms with van der Waals surface area (Å²) in [5, 5.41) is 2.71. The van der Waals surface area contributed by atoms with Crippen molar-refractivity contribution in [2.24, 2.45) is 5.73 Å². The lowest BCUT2D eigenvalue weighted by atomic mass is 10.2. The molecule has 1 amide bonds. The second-order valence-electron chi connectivity index (χ2n) is 2.60. The molecule has 0 unspecified atom stereocenters. The van der Waals surface area contributed by atoms with E-state index < -0.39 is 0 Å². The number of amides is 1. The second-order valence-corrected chi connectivity index (χ2v) is 2.60. The van der Waals surface area contributed by atoms with Gasteiger partial charge in [0.25, 0.3) is 5.91 Å². The van der Waals surface area contributed by atoms with Crippen LogP contribution in [0.5, 0.6) is 0 Å². The minimum atomic E-state index is -0.0837. The molecule has 0 saturated carbocycles. The SMILES string of the molecule is CCNC(=O)c1ccnc(CN)c1. The number of carbonyl (C=O) groups excluding carboxylic acids is 1. The Balaban J connectivity index is 2.82. The maximum atomic E-state index is 11.3. The quantitative estimate of drug-likeness (QED) is 0.700. The van der Waals surface area contributed by atoms with Crippen LogP contribution in [0, 0.1) is 0 Å². The van der Waals surface area contributed by atoms with E-state index in [2.05, 4.69) is 10.3 Å². The average Bonchev–Trinajstić information content (AvgIpc) is 2.18. The molecule has 70 valence electrons. The van der Waals surface area contributed by atoms with Gasteiger partial charge >= 0.3 is 0 Å². The number of pyridine rings is 1. The molecule has 13 heavy (non-hydrogen) atoms. The van der Waals surface area contributed by atoms with E-state index in [4.69, 9.17) is 5.73 Å². The zero-order valence-corrected chi connectivity index (χ0v) is 7.58. The van der Waals surface area contributed by atoms with Crippen molar-refractivity contribution in [2.45, 2.75) is 13.5 Å². The Morgan fingerprint density at radius 1 is 1.69 bits per heavy atom. The first-order chi connectivity index (χ1) is 6.27. The standard InChI is InChI=1S/C9H13N3O/c1-2-11-9(13)7-3-4-12-8(5-7)6-10/h3-5H,2,6,10H2,1H3,(H,11,13). The number of aromatic nitrogens is 1. The molecule has 0 aliphatic heterocycles. The highest BCUT2D eigenvalue weighted by Gasteiger charge is 2.03. The third kappa shape index (κ3) is 2.52. The van der Waals surface area contributed by atoms with Crippen LogP contribution in [-0.4, -0.2) is 17.4 Å². The van der Waals surface area contributed by atoms with Gasteiger partial charge in [0.1, 0.15) is 0 Å². The normalized spacial score (nSPS) is 9.69. The van der Waals surface area contributed by atoms with Crippen molar-refractivity contribution in [3.63, 3.8) is 0 Å². The molecule has 1 heterocycles. The molecule has 0 fully saturated rings. The van der Waals surface area contributed by atoms with Crippen molar-refractivity contribution in [3.05, 3.63) is 29.6 Å². The van der Waals surface area contributed by atoms with Crippen LogP contribution in [0.25, 0.3) is 0 Å². The number of carbonyl (C=O) groups is 1. The average molecular weight is 179 g/mol. The van der Waals surface area contributed by atoms with E-state index in [9.17, 15) is 4.79 Å². The van der Waals surface area contributed by atoms with Crippen LogP contribution in [0.4, 0.5) is 0 Å². The molecule has 0 aliphatic carbocycles. The highest BCUT2D eigenvalue weighted by molar-refractivity contribution is 5.94. The van der Waals surface area contributed by atoms with Gasteiger partial charge in [0.15, 0.2) is 0 Å². The molecule has 1 aromatic heterocycles. The van der Waals surface area contributed by atoms with Crippen molar-refractivity contribution < 1.29 is 4.79 Å². The Morgan fingerprint density at radius 3 is 3.08 bits per heavy atom. The molecule has 4 nitrogen and oxygen atoms in total. The zero-order valence-electron chi connectivity index (χ0n) is 7.58. The van der Waals surface area contributed by atoms with Gasteiger partial charge in [0.05, 0.1) is 5.69 Å². The van der Waals surface area contributed by atoms with E-state index in [1.54, 1.807) is 18.3 Å². The van der Waals surface area contributed by atoms with E-state index in [0.717, 1.165) is 5.69 Å². The van der Waals surface area contributed by atoms with Crippen LogP contribution in [0.1, 0.15) is 23.0 Å². The van der Waals surface area contributed by atoms with Gasteiger partial charge in [-0.1, -0.05) is 0 Å². The number of nitrogens with zero attached hydrogens (tertiary/aromatic N) is 1. The molecule has 0 aromatic carbocycles. The van der Waals surface area contributed by atoms with Gasteiger partial charge in [-0.2, -0.15) is 0 Å². The van der Waals surface area contributed by atoms with Gasteiger partial charge < -0.3 is 11.1 Å². The van der Waals surface area contributed by atoms with E-state index >= 15 is 0 Å². The molecular formula is C9H13N3O. The molecule has 4 heteroatoms. The highest BCUT2D eigenvalue weighted by Crippen LogP contribution is 2.00. The monoisotopic (exact) mass is 179 g/mol. The Morgan fingerprint density at radius 2 is 2.46 bits per heavy atom. The molecule has 0 atom stereocenters. The Bertz CT molecular complexity index is 299. The van der Waals surface area contributed by atoms with Crippen LogP contribution in [0.15, 0.2) is 18.3 Å². The summed E-state index contributed by atoms with van der Waals surface area (Å²) in [6.45, 7) is 2.86. The summed E-state index contributed by atoms with van der Waals surface area (Å²) in [5.74, 6) is -0.0837. The first-order valence-electron chi connectivity index (χ1n) is 4.21. The van der Waals surface area contributed by atoms with E-state index in [1.165, 1.54) is 0 Å². The largest absolute Gasteiger partial charge is 0.352 e. The van der Waals surface area contributed by atoms with E-state index in [-0.39, 0.29) is 5.91 Å². The third-order valence-corrected chi connectivity index (χ3v) is 1.63. The number of hydrogen-bond donors (Lipinski definition) is 2. The third-order valence-electron chi connectivity index (χ3n) is 1.63. The van der Waals surface area contributed by atoms with E-state index in [0.29, 0.717) is 18.7 Å². The first kappa shape index (κ1) is 9.67. The molecule has 3 N–H and O–H groups in total. The fourth-order valence-electron chi connectivity index (χ4n) is 0.994. The van der Waals surface area contributed by atoms with Crippen molar-refractivity contribution in [3.8, 4) is 0 Å². The minimum Gasteiger partial charge on any atom is -0.352 e. The van der Waals surface area contributed by atoms with Gasteiger partial charge in [-0.15, -0.1) is 0 Å². The lowest BCUT2D eigenvalue weighted by molar-refractivity contribution is 0.0955. The fourth-order valence-corrected chi connectivity index (χ4v) is 0.994. The Labute approximate surface area is 77.2 Å².